The van der Waals surface area contributed by atoms with E-state index in [1.807, 2.05) is 0 Å². The molecule has 0 aliphatic heterocycles. The molecule has 0 unspecified atom stereocenters. The van der Waals surface area contributed by atoms with Gasteiger partial charge in [0.25, 0.3) is 0 Å². The van der Waals surface area contributed by atoms with Gasteiger partial charge < -0.3 is 0 Å². The first-order valence-corrected chi connectivity index (χ1v) is 1.34. The Labute approximate surface area is 39.0 Å². The van der Waals surface area contributed by atoms with Crippen molar-refractivity contribution in [1.82, 2.24) is 5.59 Å². The number of rotatable bonds is 2. The van der Waals surface area contributed by atoms with E-state index in [9.17, 15) is 0 Å². The molecular formula is H2N2O3S. The number of thiol groups is 1. The zero-order valence-corrected chi connectivity index (χ0v) is 3.51. The third kappa shape index (κ3) is 3.51. The van der Waals surface area contributed by atoms with Crippen molar-refractivity contribution in [2.24, 2.45) is 0 Å². The second-order valence-corrected chi connectivity index (χ2v) is 0.622. The van der Waals surface area contributed by atoms with E-state index in [0.717, 1.165) is 0 Å². The van der Waals surface area contributed by atoms with Gasteiger partial charge in [-0.15, -0.1) is 0 Å². The fraction of sp³-hybridized carbons (Fsp3) is 0. The Bertz CT molecular complexity index is 52.8. The number of hydrogen-bond donors (Lipinski definition) is 2. The van der Waals surface area contributed by atoms with Crippen molar-refractivity contribution >= 4 is 12.9 Å². The lowest BCUT2D eigenvalue weighted by atomic mass is 12.6. The third-order valence-electron chi connectivity index (χ3n) is 0.115. The molecule has 5 nitrogen and oxygen atoms in total. The van der Waals surface area contributed by atoms with Gasteiger partial charge >= 0.3 is 0 Å². The summed E-state index contributed by atoms with van der Waals surface area (Å²) in [4.78, 5) is 9.12. The van der Waals surface area contributed by atoms with Gasteiger partial charge in [-0.25, -0.2) is 10.1 Å². The molecular weight excluding hydrogens is 108 g/mol. The van der Waals surface area contributed by atoms with E-state index in [1.165, 1.54) is 5.59 Å². The minimum absolute atomic E-state index is 0.868. The predicted octanol–water partition coefficient (Wildman–Crippen LogP) is -0.456. The van der Waals surface area contributed by atoms with Crippen molar-refractivity contribution in [1.29, 1.82) is 0 Å². The maximum Gasteiger partial charge on any atom is 0.185 e. The van der Waals surface area contributed by atoms with Crippen molar-refractivity contribution in [3.8, 4) is 0 Å². The molecule has 0 fully saturated rings. The highest BCUT2D eigenvalue weighted by atomic mass is 32.1. The molecule has 36 valence electrons. The summed E-state index contributed by atoms with van der Waals surface area (Å²) in [7, 11) is 0. The summed E-state index contributed by atoms with van der Waals surface area (Å²) in [5.41, 5.74) is 1.29. The Morgan fingerprint density at radius 1 is 2.00 bits per heavy atom. The van der Waals surface area contributed by atoms with Crippen LogP contribution in [0, 0.1) is 10.1 Å². The molecule has 0 aliphatic rings. The average Bonchev–Trinajstić information content (AvgIpc) is 1.35. The van der Waals surface area contributed by atoms with Crippen molar-refractivity contribution in [2.45, 2.75) is 0 Å². The number of hydrogen-bond acceptors (Lipinski definition) is 4. The van der Waals surface area contributed by atoms with Crippen molar-refractivity contribution < 1.29 is 9.32 Å². The third-order valence-corrected chi connectivity index (χ3v) is 0.197. The van der Waals surface area contributed by atoms with Crippen molar-refractivity contribution in [3.63, 3.8) is 0 Å². The number of hydrazine groups is 1. The Kier molecular flexibility index (Phi) is 2.51. The van der Waals surface area contributed by atoms with Gasteiger partial charge in [0.15, 0.2) is 5.03 Å². The molecule has 0 aromatic rings. The molecule has 6 heavy (non-hydrogen) atoms. The average molecular weight is 110 g/mol. The Balaban J connectivity index is 2.83. The second-order valence-electron chi connectivity index (χ2n) is 0.440. The van der Waals surface area contributed by atoms with Crippen LogP contribution in [0.3, 0.4) is 0 Å². The smallest absolute Gasteiger partial charge is 0.185 e. The Morgan fingerprint density at radius 2 is 2.50 bits per heavy atom. The number of nitrogens with one attached hydrogen (secondary N) is 1. The summed E-state index contributed by atoms with van der Waals surface area (Å²) in [5.74, 6) is 0. The summed E-state index contributed by atoms with van der Waals surface area (Å²) in [6.45, 7) is 0. The summed E-state index contributed by atoms with van der Waals surface area (Å²) >= 11 is 3.01. The van der Waals surface area contributed by atoms with Gasteiger partial charge in [-0.1, -0.05) is 0 Å². The van der Waals surface area contributed by atoms with E-state index >= 15 is 0 Å². The molecule has 0 amide bonds. The maximum atomic E-state index is 9.12. The van der Waals surface area contributed by atoms with Crippen LogP contribution in [-0.2, 0) is 4.28 Å². The lowest BCUT2D eigenvalue weighted by Gasteiger charge is -1.82. The summed E-state index contributed by atoms with van der Waals surface area (Å²) in [6, 6.07) is 0. The molecule has 0 aromatic heterocycles. The van der Waals surface area contributed by atoms with Crippen LogP contribution in [0.15, 0.2) is 0 Å². The lowest BCUT2D eigenvalue weighted by Crippen LogP contribution is -2.16. The van der Waals surface area contributed by atoms with Crippen LogP contribution in [0.2, 0.25) is 0 Å². The zero-order valence-electron chi connectivity index (χ0n) is 2.62. The fourth-order valence-electron chi connectivity index (χ4n) is 0.0333. The van der Waals surface area contributed by atoms with E-state index in [-0.39, 0.29) is 0 Å². The minimum atomic E-state index is -0.868. The summed E-state index contributed by atoms with van der Waals surface area (Å²) < 4.78 is 3.55. The first kappa shape index (κ1) is 5.51. The molecule has 6 heteroatoms. The quantitative estimate of drug-likeness (QED) is 0.218. The fourth-order valence-corrected chi connectivity index (χ4v) is 0.100. The van der Waals surface area contributed by atoms with Gasteiger partial charge in [-0.05, 0) is 0 Å². The van der Waals surface area contributed by atoms with Crippen molar-refractivity contribution in [2.75, 3.05) is 0 Å². The van der Waals surface area contributed by atoms with Crippen LogP contribution in [0.25, 0.3) is 0 Å². The highest BCUT2D eigenvalue weighted by Crippen LogP contribution is 1.65. The largest absolute Gasteiger partial charge is 0.233 e. The molecule has 0 aromatic carbocycles. The highest BCUT2D eigenvalue weighted by Gasteiger charge is 1.82. The number of nitrogens with zero attached hydrogens (tertiary/aromatic N) is 1. The molecule has 0 radical (unpaired) electrons. The van der Waals surface area contributed by atoms with Crippen LogP contribution >= 0.6 is 12.9 Å². The zero-order chi connectivity index (χ0) is 4.99. The van der Waals surface area contributed by atoms with Gasteiger partial charge in [0.05, 0.1) is 0 Å². The van der Waals surface area contributed by atoms with Gasteiger partial charge in [-0.2, -0.15) is 4.28 Å². The minimum Gasteiger partial charge on any atom is -0.233 e. The monoisotopic (exact) mass is 110 g/mol. The van der Waals surface area contributed by atoms with Crippen LogP contribution in [-0.4, -0.2) is 5.03 Å². The lowest BCUT2D eigenvalue weighted by molar-refractivity contribution is -0.590. The maximum absolute atomic E-state index is 9.12. The van der Waals surface area contributed by atoms with Crippen LogP contribution in [0.1, 0.15) is 0 Å². The summed E-state index contributed by atoms with van der Waals surface area (Å²) in [6.07, 6.45) is 0. The standard InChI is InChI=1S/H2N2O3S/c3-2(4)1-5-6/h1,6H. The van der Waals surface area contributed by atoms with E-state index in [4.69, 9.17) is 10.1 Å². The van der Waals surface area contributed by atoms with E-state index < -0.39 is 5.03 Å². The molecule has 0 saturated heterocycles. The molecule has 0 bridgehead atoms. The van der Waals surface area contributed by atoms with Crippen LogP contribution in [0.5, 0.6) is 0 Å². The van der Waals surface area contributed by atoms with E-state index in [2.05, 4.69) is 17.2 Å². The molecule has 0 saturated carbocycles. The van der Waals surface area contributed by atoms with Gasteiger partial charge in [0.1, 0.15) is 0 Å². The van der Waals surface area contributed by atoms with Crippen molar-refractivity contribution in [3.05, 3.63) is 10.1 Å². The van der Waals surface area contributed by atoms with Gasteiger partial charge in [0.2, 0.25) is 0 Å². The molecule has 0 aliphatic carbocycles. The predicted molar refractivity (Wildman–Crippen MR) is 20.2 cm³/mol. The van der Waals surface area contributed by atoms with Gasteiger partial charge in [-0.3, -0.25) is 0 Å². The van der Waals surface area contributed by atoms with E-state index in [1.54, 1.807) is 0 Å². The highest BCUT2D eigenvalue weighted by molar-refractivity contribution is 7.75. The molecule has 0 atom stereocenters. The molecule has 0 spiro atoms. The Hall–Kier alpha value is -0.490. The van der Waals surface area contributed by atoms with Crippen LogP contribution < -0.4 is 5.59 Å². The first-order valence-electron chi connectivity index (χ1n) is 0.975. The molecule has 1 N–H and O–H groups in total. The molecule has 0 heterocycles. The summed E-state index contributed by atoms with van der Waals surface area (Å²) in [5, 5.41) is 8.25. The topological polar surface area (TPSA) is 64.4 Å². The normalized spacial score (nSPS) is 7.50. The second kappa shape index (κ2) is 2.73. The Morgan fingerprint density at radius 3 is 2.50 bits per heavy atom. The van der Waals surface area contributed by atoms with Gasteiger partial charge in [0, 0.05) is 18.5 Å². The van der Waals surface area contributed by atoms with E-state index in [0.29, 0.717) is 0 Å². The molecule has 0 rings (SSSR count). The van der Waals surface area contributed by atoms with Crippen LogP contribution in [0.4, 0.5) is 0 Å². The SMILES string of the molecule is O=[N+]([O-])NOS. The first-order chi connectivity index (χ1) is 2.77. The number of nitro groups is 1.